The van der Waals surface area contributed by atoms with Crippen LogP contribution in [0.1, 0.15) is 122 Å². The Hall–Kier alpha value is -2.71. The van der Waals surface area contributed by atoms with E-state index in [9.17, 15) is 4.79 Å². The lowest BCUT2D eigenvalue weighted by Gasteiger charge is -2.49. The number of aryl methyl sites for hydroxylation is 2. The van der Waals surface area contributed by atoms with Gasteiger partial charge in [0, 0.05) is 23.5 Å². The number of carbonyl (C=O) groups is 1. The number of ether oxygens (including phenoxy) is 1. The van der Waals surface area contributed by atoms with E-state index in [1.54, 1.807) is 0 Å². The molecule has 4 N–H and O–H groups in total. The van der Waals surface area contributed by atoms with Gasteiger partial charge in [0.2, 0.25) is 0 Å². The molecule has 0 aromatic heterocycles. The number of hydrogen-bond donors (Lipinski definition) is 4. The van der Waals surface area contributed by atoms with Crippen LogP contribution in [0.25, 0.3) is 0 Å². The monoisotopic (exact) mass is 678 g/mol. The number of benzene rings is 2. The average molecular weight is 679 g/mol. The van der Waals surface area contributed by atoms with Gasteiger partial charge in [-0.2, -0.15) is 0 Å². The van der Waals surface area contributed by atoms with E-state index in [0.717, 1.165) is 62.7 Å². The molecule has 0 bridgehead atoms. The molecule has 2 aromatic carbocycles. The first-order valence-corrected chi connectivity index (χ1v) is 19.2. The maximum atomic E-state index is 13.4. The van der Waals surface area contributed by atoms with E-state index in [2.05, 4.69) is 83.6 Å². The number of carbonyl (C=O) groups excluding carboxylic acids is 1. The Morgan fingerprint density at radius 2 is 1.15 bits per heavy atom. The summed E-state index contributed by atoms with van der Waals surface area (Å²) in [4.78, 5) is 13.4. The molecule has 2 aliphatic rings. The highest BCUT2D eigenvalue weighted by Gasteiger charge is 2.53. The number of unbranched alkanes of at least 4 members (excludes halogenated alkanes) is 6. The van der Waals surface area contributed by atoms with Gasteiger partial charge in [0.15, 0.2) is 10.2 Å². The molecule has 4 rings (SSSR count). The first-order chi connectivity index (χ1) is 22.8. The summed E-state index contributed by atoms with van der Waals surface area (Å²) in [5.74, 6) is 0.150. The fourth-order valence-electron chi connectivity index (χ4n) is 7.50. The van der Waals surface area contributed by atoms with Crippen molar-refractivity contribution in [3.63, 3.8) is 0 Å². The normalized spacial score (nSPS) is 22.1. The molecule has 2 aliphatic carbocycles. The number of anilines is 2. The maximum absolute atomic E-state index is 13.4. The minimum absolute atomic E-state index is 0.0344. The van der Waals surface area contributed by atoms with Crippen molar-refractivity contribution < 1.29 is 9.53 Å². The molecule has 2 aromatic rings. The fraction of sp³-hybridized carbons (Fsp3) is 0.615. The van der Waals surface area contributed by atoms with Gasteiger partial charge in [-0.25, -0.2) is 0 Å². The summed E-state index contributed by atoms with van der Waals surface area (Å²) in [5, 5.41) is 15.2. The first kappa shape index (κ1) is 37.1. The van der Waals surface area contributed by atoms with Crippen molar-refractivity contribution in [3.8, 4) is 0 Å². The zero-order valence-electron chi connectivity index (χ0n) is 29.0. The highest BCUT2D eigenvalue weighted by atomic mass is 32.1. The minimum Gasteiger partial charge on any atom is -0.466 e. The number of esters is 1. The lowest BCUT2D eigenvalue weighted by Crippen LogP contribution is -2.55. The van der Waals surface area contributed by atoms with Gasteiger partial charge >= 0.3 is 5.97 Å². The van der Waals surface area contributed by atoms with Crippen LogP contribution < -0.4 is 21.3 Å². The summed E-state index contributed by atoms with van der Waals surface area (Å²) >= 11 is 11.5. The van der Waals surface area contributed by atoms with Gasteiger partial charge in [-0.05, 0) is 137 Å². The molecule has 2 unspecified atom stereocenters. The van der Waals surface area contributed by atoms with Gasteiger partial charge in [-0.15, -0.1) is 0 Å². The van der Waals surface area contributed by atoms with Crippen molar-refractivity contribution in [1.82, 2.24) is 10.6 Å². The summed E-state index contributed by atoms with van der Waals surface area (Å²) in [6.07, 6.45) is 17.6. The number of thiocarbonyl (C=S) groups is 2. The molecule has 0 spiro atoms. The van der Waals surface area contributed by atoms with Gasteiger partial charge in [0.25, 0.3) is 0 Å². The quantitative estimate of drug-likeness (QED) is 0.0795. The van der Waals surface area contributed by atoms with Crippen LogP contribution in [0.5, 0.6) is 0 Å². The van der Waals surface area contributed by atoms with E-state index in [1.165, 1.54) is 62.5 Å². The van der Waals surface area contributed by atoms with Crippen molar-refractivity contribution in [2.24, 2.45) is 11.3 Å². The zero-order valence-corrected chi connectivity index (χ0v) is 30.6. The fourth-order valence-corrected chi connectivity index (χ4v) is 8.07. The molecule has 0 amide bonds. The Morgan fingerprint density at radius 3 is 1.55 bits per heavy atom. The van der Waals surface area contributed by atoms with Crippen LogP contribution in [-0.2, 0) is 22.4 Å². The highest BCUT2D eigenvalue weighted by molar-refractivity contribution is 7.80. The van der Waals surface area contributed by atoms with E-state index in [-0.39, 0.29) is 24.0 Å². The van der Waals surface area contributed by atoms with Crippen LogP contribution >= 0.6 is 24.4 Å². The van der Waals surface area contributed by atoms with Crippen LogP contribution in [0.4, 0.5) is 11.4 Å². The Labute approximate surface area is 295 Å². The predicted octanol–water partition coefficient (Wildman–Crippen LogP) is 9.48. The Morgan fingerprint density at radius 1 is 0.702 bits per heavy atom. The second kappa shape index (κ2) is 19.3. The number of fused-ring (bicyclic) bond motifs is 1. The SMILES string of the molecule is CCCCCCc1ccc(NC(=S)N[C@@H]2CCC3(C(=O)OCC)CC[C@H](NC(=S)Nc4ccc(CCCCCC)cc4)CC3C2)cc1. The number of rotatable bonds is 16. The molecule has 258 valence electrons. The number of hydrogen-bond acceptors (Lipinski definition) is 4. The van der Waals surface area contributed by atoms with Crippen molar-refractivity contribution >= 4 is 52.0 Å². The molecule has 2 saturated carbocycles. The van der Waals surface area contributed by atoms with E-state index < -0.39 is 5.41 Å². The smallest absolute Gasteiger partial charge is 0.312 e. The molecular weight excluding hydrogens is 621 g/mol. The van der Waals surface area contributed by atoms with Gasteiger partial charge < -0.3 is 26.0 Å². The summed E-state index contributed by atoms with van der Waals surface area (Å²) in [5.41, 5.74) is 4.31. The van der Waals surface area contributed by atoms with Gasteiger partial charge in [-0.1, -0.05) is 76.6 Å². The molecule has 8 heteroatoms. The molecule has 4 atom stereocenters. The van der Waals surface area contributed by atoms with Gasteiger partial charge in [0.1, 0.15) is 0 Å². The lowest BCUT2D eigenvalue weighted by molar-refractivity contribution is -0.165. The molecule has 0 radical (unpaired) electrons. The largest absolute Gasteiger partial charge is 0.466 e. The van der Waals surface area contributed by atoms with E-state index in [4.69, 9.17) is 29.2 Å². The Kier molecular flexibility index (Phi) is 15.3. The minimum atomic E-state index is -0.434. The van der Waals surface area contributed by atoms with Crippen LogP contribution in [0.2, 0.25) is 0 Å². The van der Waals surface area contributed by atoms with Crippen molar-refractivity contribution in [2.45, 2.75) is 136 Å². The third-order valence-electron chi connectivity index (χ3n) is 10.2. The van der Waals surface area contributed by atoms with E-state index >= 15 is 0 Å². The van der Waals surface area contributed by atoms with Crippen molar-refractivity contribution in [3.05, 3.63) is 59.7 Å². The molecule has 47 heavy (non-hydrogen) atoms. The second-order valence-electron chi connectivity index (χ2n) is 13.7. The second-order valence-corrected chi connectivity index (χ2v) is 14.5. The van der Waals surface area contributed by atoms with Crippen molar-refractivity contribution in [2.75, 3.05) is 17.2 Å². The van der Waals surface area contributed by atoms with Crippen LogP contribution in [0.15, 0.2) is 48.5 Å². The molecule has 0 aliphatic heterocycles. The van der Waals surface area contributed by atoms with Gasteiger partial charge in [-0.3, -0.25) is 4.79 Å². The molecule has 0 saturated heterocycles. The standard InChI is InChI=1S/C39H58N4O2S2/c1-4-7-9-11-13-29-15-19-32(20-16-29)40-37(46)42-34-23-25-39(36(44)45-6-3)26-24-35(28-31(39)27-34)43-38(47)41-33-21-17-30(18-22-33)14-12-10-8-5-2/h15-22,31,34-35H,4-14,23-28H2,1-3H3,(H2,40,42,46)(H2,41,43,47)/t31?,34-,35+,39?. The van der Waals surface area contributed by atoms with E-state index in [0.29, 0.717) is 16.8 Å². The van der Waals surface area contributed by atoms with Crippen molar-refractivity contribution in [1.29, 1.82) is 0 Å². The van der Waals surface area contributed by atoms with Gasteiger partial charge in [0.05, 0.1) is 12.0 Å². The lowest BCUT2D eigenvalue weighted by atomic mass is 9.57. The van der Waals surface area contributed by atoms with Crippen LogP contribution in [-0.4, -0.2) is 34.9 Å². The molecule has 6 nitrogen and oxygen atoms in total. The number of nitrogens with one attached hydrogen (secondary N) is 4. The maximum Gasteiger partial charge on any atom is 0.312 e. The highest BCUT2D eigenvalue weighted by Crippen LogP contribution is 2.51. The third kappa shape index (κ3) is 11.4. The van der Waals surface area contributed by atoms with Crippen LogP contribution in [0.3, 0.4) is 0 Å². The topological polar surface area (TPSA) is 74.4 Å². The Bertz CT molecular complexity index is 1180. The zero-order chi connectivity index (χ0) is 33.5. The van der Waals surface area contributed by atoms with E-state index in [1.807, 2.05) is 6.92 Å². The predicted molar refractivity (Wildman–Crippen MR) is 205 cm³/mol. The molecular formula is C39H58N4O2S2. The summed E-state index contributed by atoms with van der Waals surface area (Å²) in [6.45, 7) is 6.80. The summed E-state index contributed by atoms with van der Waals surface area (Å²) < 4.78 is 5.67. The molecule has 0 heterocycles. The Balaban J connectivity index is 1.29. The summed E-state index contributed by atoms with van der Waals surface area (Å²) in [6, 6.07) is 17.7. The third-order valence-corrected chi connectivity index (χ3v) is 10.7. The average Bonchev–Trinajstić information content (AvgIpc) is 3.06. The summed E-state index contributed by atoms with van der Waals surface area (Å²) in [7, 11) is 0. The van der Waals surface area contributed by atoms with Crippen LogP contribution in [0, 0.1) is 11.3 Å². The molecule has 2 fully saturated rings. The first-order valence-electron chi connectivity index (χ1n) is 18.3.